The minimum atomic E-state index is -0.405. The van der Waals surface area contributed by atoms with Gasteiger partial charge in [-0.1, -0.05) is 84.0 Å². The van der Waals surface area contributed by atoms with Crippen LogP contribution in [-0.4, -0.2) is 24.1 Å². The molecule has 0 aliphatic carbocycles. The second-order valence-corrected chi connectivity index (χ2v) is 7.50. The molecule has 3 atom stereocenters. The van der Waals surface area contributed by atoms with Crippen molar-refractivity contribution in [3.05, 3.63) is 0 Å². The summed E-state index contributed by atoms with van der Waals surface area (Å²) in [5.41, 5.74) is 0. The molecule has 4 nitrogen and oxygen atoms in total. The van der Waals surface area contributed by atoms with Crippen LogP contribution in [0, 0.1) is 5.92 Å². The van der Waals surface area contributed by atoms with E-state index in [-0.39, 0.29) is 24.0 Å². The molecule has 25 heavy (non-hydrogen) atoms. The molecule has 0 aromatic heterocycles. The molecule has 1 aliphatic heterocycles. The largest absolute Gasteiger partial charge is 0.458 e. The second kappa shape index (κ2) is 13.2. The van der Waals surface area contributed by atoms with Gasteiger partial charge in [-0.25, -0.2) is 0 Å². The molecule has 0 N–H and O–H groups in total. The normalized spacial score (nSPS) is 22.8. The Labute approximate surface area is 154 Å². The highest BCUT2D eigenvalue weighted by atomic mass is 16.6. The zero-order valence-electron chi connectivity index (χ0n) is 16.6. The SMILES string of the molecule is CCCCCCCCCCCCCC[C@H]1C(=O)O[C@@H](C)[C@@H]1OC(C)=O. The third-order valence-electron chi connectivity index (χ3n) is 5.13. The van der Waals surface area contributed by atoms with Gasteiger partial charge in [0.25, 0.3) is 0 Å². The van der Waals surface area contributed by atoms with Crippen LogP contribution in [0.3, 0.4) is 0 Å². The van der Waals surface area contributed by atoms with Crippen molar-refractivity contribution in [2.24, 2.45) is 5.92 Å². The van der Waals surface area contributed by atoms with Crippen molar-refractivity contribution in [2.75, 3.05) is 0 Å². The molecule has 1 fully saturated rings. The summed E-state index contributed by atoms with van der Waals surface area (Å²) in [6.45, 7) is 5.44. The Balaban J connectivity index is 2.01. The first-order valence-corrected chi connectivity index (χ1v) is 10.4. The lowest BCUT2D eigenvalue weighted by atomic mass is 9.94. The summed E-state index contributed by atoms with van der Waals surface area (Å²) in [6, 6.07) is 0. The van der Waals surface area contributed by atoms with Gasteiger partial charge in [0.2, 0.25) is 0 Å². The highest BCUT2D eigenvalue weighted by molar-refractivity contribution is 5.76. The Kier molecular flexibility index (Phi) is 11.6. The van der Waals surface area contributed by atoms with Crippen LogP contribution in [0.15, 0.2) is 0 Å². The lowest BCUT2D eigenvalue weighted by Crippen LogP contribution is -2.30. The highest BCUT2D eigenvalue weighted by Gasteiger charge is 2.44. The van der Waals surface area contributed by atoms with Gasteiger partial charge in [0, 0.05) is 6.92 Å². The molecule has 0 radical (unpaired) electrons. The number of carbonyl (C=O) groups is 2. The maximum absolute atomic E-state index is 11.9. The van der Waals surface area contributed by atoms with Crippen LogP contribution in [0.5, 0.6) is 0 Å². The van der Waals surface area contributed by atoms with Crippen LogP contribution < -0.4 is 0 Å². The lowest BCUT2D eigenvalue weighted by Gasteiger charge is -2.18. The van der Waals surface area contributed by atoms with Crippen molar-refractivity contribution >= 4 is 11.9 Å². The maximum Gasteiger partial charge on any atom is 0.313 e. The minimum Gasteiger partial charge on any atom is -0.458 e. The Hall–Kier alpha value is -1.06. The molecule has 0 aromatic carbocycles. The zero-order valence-corrected chi connectivity index (χ0v) is 16.6. The molecular formula is C21H38O4. The van der Waals surface area contributed by atoms with Crippen molar-refractivity contribution in [1.29, 1.82) is 0 Å². The first-order chi connectivity index (χ1) is 12.1. The average molecular weight is 355 g/mol. The van der Waals surface area contributed by atoms with E-state index in [0.717, 1.165) is 19.3 Å². The minimum absolute atomic E-state index is 0.207. The van der Waals surface area contributed by atoms with Crippen LogP contribution in [0.25, 0.3) is 0 Å². The number of esters is 2. The summed E-state index contributed by atoms with van der Waals surface area (Å²) in [7, 11) is 0. The molecule has 1 aliphatic rings. The quantitative estimate of drug-likeness (QED) is 0.302. The molecule has 1 saturated heterocycles. The van der Waals surface area contributed by atoms with Gasteiger partial charge in [-0.05, 0) is 13.3 Å². The van der Waals surface area contributed by atoms with Gasteiger partial charge in [0.15, 0.2) is 6.10 Å². The number of carbonyl (C=O) groups excluding carboxylic acids is 2. The highest BCUT2D eigenvalue weighted by Crippen LogP contribution is 2.29. The van der Waals surface area contributed by atoms with E-state index in [1.165, 1.54) is 71.1 Å². The molecule has 146 valence electrons. The molecular weight excluding hydrogens is 316 g/mol. The van der Waals surface area contributed by atoms with E-state index in [1.807, 2.05) is 0 Å². The van der Waals surface area contributed by atoms with Gasteiger partial charge in [0.1, 0.15) is 6.10 Å². The Morgan fingerprint density at radius 2 is 1.40 bits per heavy atom. The summed E-state index contributed by atoms with van der Waals surface area (Å²) in [5, 5.41) is 0. The molecule has 1 rings (SSSR count). The predicted molar refractivity (Wildman–Crippen MR) is 100 cm³/mol. The molecule has 0 spiro atoms. The fourth-order valence-corrected chi connectivity index (χ4v) is 3.66. The zero-order chi connectivity index (χ0) is 18.5. The van der Waals surface area contributed by atoms with E-state index in [2.05, 4.69) is 6.92 Å². The van der Waals surface area contributed by atoms with Gasteiger partial charge in [-0.3, -0.25) is 9.59 Å². The fraction of sp³-hybridized carbons (Fsp3) is 0.905. The molecule has 4 heteroatoms. The Bertz CT molecular complexity index is 380. The van der Waals surface area contributed by atoms with Crippen LogP contribution >= 0.6 is 0 Å². The summed E-state index contributed by atoms with van der Waals surface area (Å²) in [6.07, 6.45) is 15.6. The van der Waals surface area contributed by atoms with Crippen molar-refractivity contribution < 1.29 is 19.1 Å². The molecule has 0 bridgehead atoms. The van der Waals surface area contributed by atoms with Gasteiger partial charge >= 0.3 is 11.9 Å². The van der Waals surface area contributed by atoms with E-state index in [9.17, 15) is 9.59 Å². The number of ether oxygens (including phenoxy) is 2. The number of unbranched alkanes of at least 4 members (excludes halogenated alkanes) is 11. The topological polar surface area (TPSA) is 52.6 Å². The first-order valence-electron chi connectivity index (χ1n) is 10.4. The standard InChI is InChI=1S/C21H38O4/c1-4-5-6-7-8-9-10-11-12-13-14-15-16-19-20(25-18(3)22)17(2)24-21(19)23/h17,19-20H,4-16H2,1-3H3/t17-,19+,20-/m0/s1. The van der Waals surface area contributed by atoms with E-state index >= 15 is 0 Å². The smallest absolute Gasteiger partial charge is 0.313 e. The lowest BCUT2D eigenvalue weighted by molar-refractivity contribution is -0.150. The molecule has 0 amide bonds. The van der Waals surface area contributed by atoms with Crippen molar-refractivity contribution in [3.8, 4) is 0 Å². The summed E-state index contributed by atoms with van der Waals surface area (Å²) in [4.78, 5) is 23.1. The number of hydrogen-bond acceptors (Lipinski definition) is 4. The van der Waals surface area contributed by atoms with E-state index in [0.29, 0.717) is 0 Å². The Morgan fingerprint density at radius 3 is 1.88 bits per heavy atom. The summed E-state index contributed by atoms with van der Waals surface area (Å²) < 4.78 is 10.5. The Morgan fingerprint density at radius 1 is 0.920 bits per heavy atom. The van der Waals surface area contributed by atoms with Crippen LogP contribution in [0.1, 0.15) is 104 Å². The fourth-order valence-electron chi connectivity index (χ4n) is 3.66. The maximum atomic E-state index is 11.9. The van der Waals surface area contributed by atoms with Crippen molar-refractivity contribution in [2.45, 2.75) is 116 Å². The summed E-state index contributed by atoms with van der Waals surface area (Å²) >= 11 is 0. The van der Waals surface area contributed by atoms with Crippen LogP contribution in [-0.2, 0) is 19.1 Å². The number of hydrogen-bond donors (Lipinski definition) is 0. The van der Waals surface area contributed by atoms with Gasteiger partial charge < -0.3 is 9.47 Å². The van der Waals surface area contributed by atoms with E-state index < -0.39 is 6.10 Å². The van der Waals surface area contributed by atoms with Crippen molar-refractivity contribution in [3.63, 3.8) is 0 Å². The first kappa shape index (κ1) is 22.0. The van der Waals surface area contributed by atoms with E-state index in [1.54, 1.807) is 6.92 Å². The summed E-state index contributed by atoms with van der Waals surface area (Å²) in [5.74, 6) is -0.821. The molecule has 0 saturated carbocycles. The van der Waals surface area contributed by atoms with Gasteiger partial charge in [-0.15, -0.1) is 0 Å². The van der Waals surface area contributed by atoms with E-state index in [4.69, 9.17) is 9.47 Å². The second-order valence-electron chi connectivity index (χ2n) is 7.50. The number of cyclic esters (lactones) is 1. The molecule has 0 aromatic rings. The van der Waals surface area contributed by atoms with Crippen LogP contribution in [0.4, 0.5) is 0 Å². The van der Waals surface area contributed by atoms with Gasteiger partial charge in [0.05, 0.1) is 5.92 Å². The molecule has 0 unspecified atom stereocenters. The molecule has 1 heterocycles. The average Bonchev–Trinajstić information content (AvgIpc) is 2.82. The third-order valence-corrected chi connectivity index (χ3v) is 5.13. The van der Waals surface area contributed by atoms with Crippen molar-refractivity contribution in [1.82, 2.24) is 0 Å². The predicted octanol–water partition coefficient (Wildman–Crippen LogP) is 5.57. The van der Waals surface area contributed by atoms with Crippen LogP contribution in [0.2, 0.25) is 0 Å². The van der Waals surface area contributed by atoms with Gasteiger partial charge in [-0.2, -0.15) is 0 Å². The number of rotatable bonds is 14. The third kappa shape index (κ3) is 9.27. The monoisotopic (exact) mass is 354 g/mol.